The van der Waals surface area contributed by atoms with E-state index in [0.29, 0.717) is 11.4 Å². The Kier molecular flexibility index (Phi) is 3.80. The molecule has 0 spiro atoms. The van der Waals surface area contributed by atoms with Crippen molar-refractivity contribution in [3.05, 3.63) is 53.3 Å². The Labute approximate surface area is 112 Å². The summed E-state index contributed by atoms with van der Waals surface area (Å²) < 4.78 is 0. The van der Waals surface area contributed by atoms with E-state index in [2.05, 4.69) is 17.2 Å². The summed E-state index contributed by atoms with van der Waals surface area (Å²) in [6.45, 7) is 4.04. The third-order valence-electron chi connectivity index (χ3n) is 3.00. The van der Waals surface area contributed by atoms with Crippen LogP contribution in [0.5, 0.6) is 0 Å². The fraction of sp³-hybridized carbons (Fsp3) is 0.200. The van der Waals surface area contributed by atoms with Gasteiger partial charge in [-0.1, -0.05) is 25.1 Å². The molecular formula is C15H17N3O. The average molecular weight is 255 g/mol. The second kappa shape index (κ2) is 5.52. The standard InChI is InChI=1S/C15H17N3O/c1-3-11-6-4-5-10(2)14(11)18-15(19)13-8-7-12(16)9-17-13/h4-9H,3,16H2,1-2H3,(H,18,19). The number of hydrogen-bond acceptors (Lipinski definition) is 3. The number of aryl methyl sites for hydroxylation is 2. The van der Waals surface area contributed by atoms with Crippen LogP contribution in [0.15, 0.2) is 36.5 Å². The first-order valence-corrected chi connectivity index (χ1v) is 6.23. The highest BCUT2D eigenvalue weighted by Crippen LogP contribution is 2.21. The summed E-state index contributed by atoms with van der Waals surface area (Å²) in [5.74, 6) is -0.219. The van der Waals surface area contributed by atoms with Gasteiger partial charge in [0.25, 0.3) is 5.91 Å². The number of carbonyl (C=O) groups excluding carboxylic acids is 1. The molecule has 98 valence electrons. The molecule has 0 aliphatic carbocycles. The van der Waals surface area contributed by atoms with Gasteiger partial charge < -0.3 is 11.1 Å². The minimum absolute atomic E-state index is 0.219. The normalized spacial score (nSPS) is 10.2. The highest BCUT2D eigenvalue weighted by atomic mass is 16.1. The number of hydrogen-bond donors (Lipinski definition) is 2. The number of pyridine rings is 1. The van der Waals surface area contributed by atoms with Crippen molar-refractivity contribution in [3.8, 4) is 0 Å². The zero-order chi connectivity index (χ0) is 13.8. The first kappa shape index (κ1) is 13.1. The molecule has 4 nitrogen and oxygen atoms in total. The van der Waals surface area contributed by atoms with Crippen molar-refractivity contribution in [3.63, 3.8) is 0 Å². The Bertz CT molecular complexity index is 591. The van der Waals surface area contributed by atoms with Crippen molar-refractivity contribution in [1.82, 2.24) is 4.98 Å². The minimum atomic E-state index is -0.219. The summed E-state index contributed by atoms with van der Waals surface area (Å²) in [7, 11) is 0. The number of rotatable bonds is 3. The molecule has 0 radical (unpaired) electrons. The predicted molar refractivity (Wildman–Crippen MR) is 77.2 cm³/mol. The van der Waals surface area contributed by atoms with Crippen molar-refractivity contribution >= 4 is 17.3 Å². The Morgan fingerprint density at radius 1 is 1.32 bits per heavy atom. The SMILES string of the molecule is CCc1cccc(C)c1NC(=O)c1ccc(N)cn1. The lowest BCUT2D eigenvalue weighted by Gasteiger charge is -2.12. The molecule has 4 heteroatoms. The molecule has 0 aliphatic heterocycles. The Morgan fingerprint density at radius 2 is 2.11 bits per heavy atom. The molecule has 0 saturated heterocycles. The van der Waals surface area contributed by atoms with E-state index < -0.39 is 0 Å². The van der Waals surface area contributed by atoms with Crippen molar-refractivity contribution < 1.29 is 4.79 Å². The van der Waals surface area contributed by atoms with Gasteiger partial charge in [-0.3, -0.25) is 4.79 Å². The molecule has 1 amide bonds. The molecule has 2 rings (SSSR count). The van der Waals surface area contributed by atoms with Crippen molar-refractivity contribution in [2.75, 3.05) is 11.1 Å². The number of nitrogen functional groups attached to an aromatic ring is 1. The maximum atomic E-state index is 12.1. The van der Waals surface area contributed by atoms with Gasteiger partial charge in [0.1, 0.15) is 5.69 Å². The number of aromatic nitrogens is 1. The van der Waals surface area contributed by atoms with E-state index in [0.717, 1.165) is 23.2 Å². The van der Waals surface area contributed by atoms with Crippen molar-refractivity contribution in [1.29, 1.82) is 0 Å². The number of nitrogens with two attached hydrogens (primary N) is 1. The minimum Gasteiger partial charge on any atom is -0.397 e. The van der Waals surface area contributed by atoms with Crippen LogP contribution in [0.2, 0.25) is 0 Å². The molecule has 0 unspecified atom stereocenters. The molecule has 0 atom stereocenters. The lowest BCUT2D eigenvalue weighted by Crippen LogP contribution is -2.15. The maximum Gasteiger partial charge on any atom is 0.274 e. The van der Waals surface area contributed by atoms with E-state index in [9.17, 15) is 4.79 Å². The lowest BCUT2D eigenvalue weighted by molar-refractivity contribution is 0.102. The summed E-state index contributed by atoms with van der Waals surface area (Å²) in [6, 6.07) is 9.27. The van der Waals surface area contributed by atoms with Crippen LogP contribution in [0.4, 0.5) is 11.4 Å². The quantitative estimate of drug-likeness (QED) is 0.886. The Morgan fingerprint density at radius 3 is 2.74 bits per heavy atom. The van der Waals surface area contributed by atoms with Gasteiger partial charge in [-0.05, 0) is 36.6 Å². The van der Waals surface area contributed by atoms with Gasteiger partial charge in [-0.2, -0.15) is 0 Å². The van der Waals surface area contributed by atoms with Gasteiger partial charge in [0.05, 0.1) is 11.9 Å². The van der Waals surface area contributed by atoms with Crippen LogP contribution in [0, 0.1) is 6.92 Å². The molecule has 1 aromatic carbocycles. The number of nitrogens with one attached hydrogen (secondary N) is 1. The number of amides is 1. The van der Waals surface area contributed by atoms with Gasteiger partial charge in [0, 0.05) is 5.69 Å². The summed E-state index contributed by atoms with van der Waals surface area (Å²) >= 11 is 0. The third-order valence-corrected chi connectivity index (χ3v) is 3.00. The molecular weight excluding hydrogens is 238 g/mol. The van der Waals surface area contributed by atoms with Crippen LogP contribution in [0.25, 0.3) is 0 Å². The molecule has 0 saturated carbocycles. The summed E-state index contributed by atoms with van der Waals surface area (Å²) in [4.78, 5) is 16.2. The van der Waals surface area contributed by atoms with E-state index in [1.807, 2.05) is 25.1 Å². The molecule has 2 aromatic rings. The smallest absolute Gasteiger partial charge is 0.274 e. The maximum absolute atomic E-state index is 12.1. The zero-order valence-electron chi connectivity index (χ0n) is 11.1. The average Bonchev–Trinajstić information content (AvgIpc) is 2.41. The predicted octanol–water partition coefficient (Wildman–Crippen LogP) is 2.79. The lowest BCUT2D eigenvalue weighted by atomic mass is 10.1. The van der Waals surface area contributed by atoms with E-state index in [1.165, 1.54) is 6.20 Å². The highest BCUT2D eigenvalue weighted by molar-refractivity contribution is 6.03. The second-order valence-electron chi connectivity index (χ2n) is 4.39. The Hall–Kier alpha value is -2.36. The third kappa shape index (κ3) is 2.91. The largest absolute Gasteiger partial charge is 0.397 e. The number of nitrogens with zero attached hydrogens (tertiary/aromatic N) is 1. The van der Waals surface area contributed by atoms with E-state index in [1.54, 1.807) is 12.1 Å². The number of para-hydroxylation sites is 1. The van der Waals surface area contributed by atoms with E-state index >= 15 is 0 Å². The van der Waals surface area contributed by atoms with Crippen LogP contribution in [0.1, 0.15) is 28.5 Å². The zero-order valence-corrected chi connectivity index (χ0v) is 11.1. The summed E-state index contributed by atoms with van der Waals surface area (Å²) in [5.41, 5.74) is 9.49. The molecule has 0 aliphatic rings. The summed E-state index contributed by atoms with van der Waals surface area (Å²) in [5, 5.41) is 2.92. The van der Waals surface area contributed by atoms with Crippen molar-refractivity contribution in [2.45, 2.75) is 20.3 Å². The van der Waals surface area contributed by atoms with E-state index in [-0.39, 0.29) is 5.91 Å². The van der Waals surface area contributed by atoms with Gasteiger partial charge in [-0.15, -0.1) is 0 Å². The van der Waals surface area contributed by atoms with Gasteiger partial charge in [0.15, 0.2) is 0 Å². The van der Waals surface area contributed by atoms with Gasteiger partial charge in [0.2, 0.25) is 0 Å². The number of carbonyl (C=O) groups is 1. The molecule has 1 heterocycles. The molecule has 1 aromatic heterocycles. The van der Waals surface area contributed by atoms with Crippen LogP contribution >= 0.6 is 0 Å². The molecule has 3 N–H and O–H groups in total. The topological polar surface area (TPSA) is 68.0 Å². The molecule has 0 bridgehead atoms. The van der Waals surface area contributed by atoms with Gasteiger partial charge in [-0.25, -0.2) is 4.98 Å². The molecule has 19 heavy (non-hydrogen) atoms. The second-order valence-corrected chi connectivity index (χ2v) is 4.39. The highest BCUT2D eigenvalue weighted by Gasteiger charge is 2.11. The fourth-order valence-corrected chi connectivity index (χ4v) is 1.92. The number of benzene rings is 1. The Balaban J connectivity index is 2.26. The monoisotopic (exact) mass is 255 g/mol. The van der Waals surface area contributed by atoms with Crippen LogP contribution in [-0.2, 0) is 6.42 Å². The molecule has 0 fully saturated rings. The fourth-order valence-electron chi connectivity index (χ4n) is 1.92. The first-order chi connectivity index (χ1) is 9.11. The van der Waals surface area contributed by atoms with Gasteiger partial charge >= 0.3 is 0 Å². The summed E-state index contributed by atoms with van der Waals surface area (Å²) in [6.07, 6.45) is 2.35. The number of anilines is 2. The van der Waals surface area contributed by atoms with Crippen molar-refractivity contribution in [2.24, 2.45) is 0 Å². The van der Waals surface area contributed by atoms with Crippen LogP contribution in [-0.4, -0.2) is 10.9 Å². The van der Waals surface area contributed by atoms with E-state index in [4.69, 9.17) is 5.73 Å². The van der Waals surface area contributed by atoms with Crippen LogP contribution < -0.4 is 11.1 Å². The first-order valence-electron chi connectivity index (χ1n) is 6.23. The van der Waals surface area contributed by atoms with Crippen LogP contribution in [0.3, 0.4) is 0 Å².